The van der Waals surface area contributed by atoms with E-state index in [1.807, 2.05) is 6.92 Å². The van der Waals surface area contributed by atoms with Crippen molar-refractivity contribution in [3.63, 3.8) is 0 Å². The molecule has 0 saturated heterocycles. The lowest BCUT2D eigenvalue weighted by molar-refractivity contribution is 0.251. The molecule has 1 rings (SSSR count). The Hall–Kier alpha value is -0.920. The summed E-state index contributed by atoms with van der Waals surface area (Å²) in [7, 11) is 0. The largest absolute Gasteiger partial charge is 0.403 e. The minimum absolute atomic E-state index is 0.528. The molecule has 2 nitrogen and oxygen atoms in total. The fourth-order valence-corrected chi connectivity index (χ4v) is 1.62. The predicted octanol–water partition coefficient (Wildman–Crippen LogP) is 2.14. The Morgan fingerprint density at radius 1 is 1.62 bits per heavy atom. The Morgan fingerprint density at radius 2 is 2.23 bits per heavy atom. The molecule has 1 unspecified atom stereocenters. The second-order valence-electron chi connectivity index (χ2n) is 3.98. The lowest BCUT2D eigenvalue weighted by Gasteiger charge is -2.33. The van der Waals surface area contributed by atoms with E-state index in [1.54, 1.807) is 6.20 Å². The quantitative estimate of drug-likeness (QED) is 0.650. The third-order valence-electron chi connectivity index (χ3n) is 2.87. The fourth-order valence-electron chi connectivity index (χ4n) is 1.62. The summed E-state index contributed by atoms with van der Waals surface area (Å²) in [6, 6.07) is 0.528. The van der Waals surface area contributed by atoms with Crippen LogP contribution in [0.1, 0.15) is 33.1 Å². The van der Waals surface area contributed by atoms with Crippen LogP contribution in [0.5, 0.6) is 0 Å². The molecule has 1 atom stereocenters. The van der Waals surface area contributed by atoms with Gasteiger partial charge in [0, 0.05) is 12.2 Å². The molecule has 1 saturated carbocycles. The Labute approximate surface area is 80.9 Å². The molecule has 3 N–H and O–H groups in total. The summed E-state index contributed by atoms with van der Waals surface area (Å²) >= 11 is 0. The van der Waals surface area contributed by atoms with Crippen LogP contribution in [0, 0.1) is 5.92 Å². The molecule has 0 heterocycles. The first kappa shape index (κ1) is 10.2. The Kier molecular flexibility index (Phi) is 3.40. The van der Waals surface area contributed by atoms with Crippen LogP contribution in [0.3, 0.4) is 0 Å². The summed E-state index contributed by atoms with van der Waals surface area (Å²) in [6.45, 7) is 8.06. The van der Waals surface area contributed by atoms with Gasteiger partial charge >= 0.3 is 0 Å². The van der Waals surface area contributed by atoms with Crippen molar-refractivity contribution in [1.82, 2.24) is 5.32 Å². The van der Waals surface area contributed by atoms with Crippen molar-refractivity contribution in [2.75, 3.05) is 0 Å². The van der Waals surface area contributed by atoms with Gasteiger partial charge in [-0.15, -0.1) is 0 Å². The molecule has 13 heavy (non-hydrogen) atoms. The third kappa shape index (κ3) is 2.51. The van der Waals surface area contributed by atoms with E-state index in [9.17, 15) is 0 Å². The van der Waals surface area contributed by atoms with Crippen LogP contribution < -0.4 is 11.1 Å². The number of hydrogen-bond acceptors (Lipinski definition) is 2. The van der Waals surface area contributed by atoms with E-state index in [1.165, 1.54) is 19.3 Å². The van der Waals surface area contributed by atoms with E-state index >= 15 is 0 Å². The molecule has 1 aliphatic rings. The number of hydrogen-bond donors (Lipinski definition) is 2. The van der Waals surface area contributed by atoms with Gasteiger partial charge in [-0.05, 0) is 38.2 Å². The summed E-state index contributed by atoms with van der Waals surface area (Å²) in [5, 5.41) is 3.40. The summed E-state index contributed by atoms with van der Waals surface area (Å²) in [6.07, 6.45) is 5.69. The summed E-state index contributed by atoms with van der Waals surface area (Å²) in [4.78, 5) is 0. The van der Waals surface area contributed by atoms with Crippen LogP contribution in [0.4, 0.5) is 0 Å². The molecule has 2 heteroatoms. The number of rotatable bonds is 4. The van der Waals surface area contributed by atoms with E-state index < -0.39 is 0 Å². The lowest BCUT2D eigenvalue weighted by atomic mass is 9.80. The van der Waals surface area contributed by atoms with Crippen molar-refractivity contribution in [2.24, 2.45) is 11.7 Å². The van der Waals surface area contributed by atoms with Crippen molar-refractivity contribution in [2.45, 2.75) is 39.2 Å². The second-order valence-corrected chi connectivity index (χ2v) is 3.98. The number of allylic oxidation sites excluding steroid dienone is 1. The van der Waals surface area contributed by atoms with Crippen LogP contribution >= 0.6 is 0 Å². The van der Waals surface area contributed by atoms with E-state index in [0.29, 0.717) is 6.04 Å². The van der Waals surface area contributed by atoms with Crippen LogP contribution in [0.15, 0.2) is 24.0 Å². The molecule has 0 radical (unpaired) electrons. The number of nitrogens with one attached hydrogen (secondary N) is 1. The van der Waals surface area contributed by atoms with E-state index in [-0.39, 0.29) is 0 Å². The van der Waals surface area contributed by atoms with Gasteiger partial charge in [0.15, 0.2) is 0 Å². The summed E-state index contributed by atoms with van der Waals surface area (Å²) in [5.74, 6) is 0.828. The van der Waals surface area contributed by atoms with E-state index in [0.717, 1.165) is 17.2 Å². The third-order valence-corrected chi connectivity index (χ3v) is 2.87. The standard InChI is InChI=1S/C11H20N2/c1-8(2)11(7-12)13-9(3)10-5-4-6-10/h7,9-10,13H,1,4-6,12H2,2-3H3/b11-7-. The van der Waals surface area contributed by atoms with Gasteiger partial charge < -0.3 is 11.1 Å². The molecule has 74 valence electrons. The molecule has 0 spiro atoms. The topological polar surface area (TPSA) is 38.0 Å². The van der Waals surface area contributed by atoms with Crippen molar-refractivity contribution in [3.8, 4) is 0 Å². The molecular weight excluding hydrogens is 160 g/mol. The van der Waals surface area contributed by atoms with Gasteiger partial charge in [-0.3, -0.25) is 0 Å². The summed E-state index contributed by atoms with van der Waals surface area (Å²) in [5.41, 5.74) is 7.49. The molecule has 0 aliphatic heterocycles. The van der Waals surface area contributed by atoms with Crippen molar-refractivity contribution < 1.29 is 0 Å². The van der Waals surface area contributed by atoms with Gasteiger partial charge in [0.1, 0.15) is 0 Å². The number of nitrogens with two attached hydrogens (primary N) is 1. The SMILES string of the molecule is C=C(C)/C(=C/N)NC(C)C1CCC1. The van der Waals surface area contributed by atoms with E-state index in [2.05, 4.69) is 18.8 Å². The molecule has 0 bridgehead atoms. The van der Waals surface area contributed by atoms with E-state index in [4.69, 9.17) is 5.73 Å². The minimum Gasteiger partial charge on any atom is -0.403 e. The van der Waals surface area contributed by atoms with Gasteiger partial charge in [0.25, 0.3) is 0 Å². The minimum atomic E-state index is 0.528. The summed E-state index contributed by atoms with van der Waals surface area (Å²) < 4.78 is 0. The zero-order valence-corrected chi connectivity index (χ0v) is 8.64. The Morgan fingerprint density at radius 3 is 2.54 bits per heavy atom. The van der Waals surface area contributed by atoms with Gasteiger partial charge in [-0.25, -0.2) is 0 Å². The van der Waals surface area contributed by atoms with Gasteiger partial charge in [-0.1, -0.05) is 13.0 Å². The first-order valence-electron chi connectivity index (χ1n) is 4.99. The van der Waals surface area contributed by atoms with Crippen LogP contribution in [0.2, 0.25) is 0 Å². The van der Waals surface area contributed by atoms with Gasteiger partial charge in [-0.2, -0.15) is 0 Å². The zero-order chi connectivity index (χ0) is 9.84. The van der Waals surface area contributed by atoms with Crippen molar-refractivity contribution in [1.29, 1.82) is 0 Å². The van der Waals surface area contributed by atoms with Crippen LogP contribution in [-0.4, -0.2) is 6.04 Å². The first-order valence-corrected chi connectivity index (χ1v) is 4.99. The lowest BCUT2D eigenvalue weighted by Crippen LogP contribution is -2.37. The maximum Gasteiger partial charge on any atom is 0.0523 e. The molecule has 0 aromatic rings. The van der Waals surface area contributed by atoms with Crippen molar-refractivity contribution in [3.05, 3.63) is 24.0 Å². The highest BCUT2D eigenvalue weighted by atomic mass is 14.9. The van der Waals surface area contributed by atoms with Crippen LogP contribution in [-0.2, 0) is 0 Å². The zero-order valence-electron chi connectivity index (χ0n) is 8.64. The Bertz CT molecular complexity index is 214. The maximum absolute atomic E-state index is 5.50. The molecule has 1 fully saturated rings. The smallest absolute Gasteiger partial charge is 0.0523 e. The maximum atomic E-state index is 5.50. The average Bonchev–Trinajstić information content (AvgIpc) is 1.96. The first-order chi connectivity index (χ1) is 6.15. The van der Waals surface area contributed by atoms with Crippen LogP contribution in [0.25, 0.3) is 0 Å². The van der Waals surface area contributed by atoms with Crippen molar-refractivity contribution >= 4 is 0 Å². The second kappa shape index (κ2) is 4.35. The highest BCUT2D eigenvalue weighted by molar-refractivity contribution is 5.24. The molecule has 0 aromatic heterocycles. The Balaban J connectivity index is 2.41. The molecular formula is C11H20N2. The van der Waals surface area contributed by atoms with Gasteiger partial charge in [0.2, 0.25) is 0 Å². The fraction of sp³-hybridized carbons (Fsp3) is 0.636. The highest BCUT2D eigenvalue weighted by Gasteiger charge is 2.23. The molecule has 0 amide bonds. The molecule has 0 aromatic carbocycles. The normalized spacial score (nSPS) is 20.6. The average molecular weight is 180 g/mol. The van der Waals surface area contributed by atoms with Gasteiger partial charge in [0.05, 0.1) is 5.70 Å². The highest BCUT2D eigenvalue weighted by Crippen LogP contribution is 2.29. The monoisotopic (exact) mass is 180 g/mol. The predicted molar refractivity (Wildman–Crippen MR) is 57.0 cm³/mol. The molecule has 1 aliphatic carbocycles.